The van der Waals surface area contributed by atoms with Gasteiger partial charge in [0.05, 0.1) is 5.52 Å². The molecule has 11 rings (SSSR count). The van der Waals surface area contributed by atoms with Crippen LogP contribution < -0.4 is 4.74 Å². The predicted octanol–water partition coefficient (Wildman–Crippen LogP) is 12.6. The van der Waals surface area contributed by atoms with E-state index in [1.807, 2.05) is 22.9 Å². The summed E-state index contributed by atoms with van der Waals surface area (Å²) in [5.41, 5.74) is 15.6. The molecule has 0 spiro atoms. The van der Waals surface area contributed by atoms with Crippen LogP contribution in [-0.2, 0) is 5.41 Å². The first-order valence-electron chi connectivity index (χ1n) is 18.7. The fourth-order valence-corrected chi connectivity index (χ4v) is 8.74. The van der Waals surface area contributed by atoms with E-state index in [-0.39, 0.29) is 5.41 Å². The van der Waals surface area contributed by atoms with Crippen LogP contribution >= 0.6 is 0 Å². The Bertz CT molecular complexity index is 3050. The van der Waals surface area contributed by atoms with E-state index in [0.717, 1.165) is 77.9 Å². The molecule has 6 aromatic carbocycles. The number of rotatable bonds is 2. The van der Waals surface area contributed by atoms with Gasteiger partial charge in [-0.2, -0.15) is 0 Å². The fourth-order valence-electron chi connectivity index (χ4n) is 8.74. The van der Waals surface area contributed by atoms with Gasteiger partial charge in [0.1, 0.15) is 17.1 Å². The number of para-hydroxylation sites is 1. The molecule has 3 aromatic heterocycles. The first-order chi connectivity index (χ1) is 27.0. The Kier molecular flexibility index (Phi) is 6.83. The Balaban J connectivity index is 1.17. The number of fused-ring (bicyclic) bond motifs is 12. The monoisotopic (exact) mass is 706 g/mol. The smallest absolute Gasteiger partial charge is 0.235 e. The zero-order valence-electron chi connectivity index (χ0n) is 30.4. The van der Waals surface area contributed by atoms with Crippen molar-refractivity contribution in [1.29, 1.82) is 0 Å². The Morgan fingerprint density at radius 1 is 0.473 bits per heavy atom. The lowest BCUT2D eigenvalue weighted by atomic mass is 9.81. The lowest BCUT2D eigenvalue weighted by Gasteiger charge is -2.23. The van der Waals surface area contributed by atoms with E-state index in [9.17, 15) is 0 Å². The van der Waals surface area contributed by atoms with E-state index < -0.39 is 0 Å². The van der Waals surface area contributed by atoms with Gasteiger partial charge in [0, 0.05) is 45.9 Å². The van der Waals surface area contributed by atoms with Crippen LogP contribution in [0.5, 0.6) is 11.5 Å². The highest BCUT2D eigenvalue weighted by molar-refractivity contribution is 6.09. The van der Waals surface area contributed by atoms with Gasteiger partial charge in [-0.15, -0.1) is 0 Å². The van der Waals surface area contributed by atoms with Crippen LogP contribution in [0.4, 0.5) is 0 Å². The number of ether oxygens (including phenoxy) is 1. The molecular weight excluding hydrogens is 673 g/mol. The summed E-state index contributed by atoms with van der Waals surface area (Å²) in [5.74, 6) is 2.27. The van der Waals surface area contributed by atoms with Crippen molar-refractivity contribution in [3.8, 4) is 62.0 Å². The topological polar surface area (TPSA) is 52.8 Å². The summed E-state index contributed by atoms with van der Waals surface area (Å²) in [6.45, 7) is 4.64. The molecule has 260 valence electrons. The van der Waals surface area contributed by atoms with E-state index in [0.29, 0.717) is 5.95 Å². The third-order valence-electron chi connectivity index (χ3n) is 11.4. The normalized spacial score (nSPS) is 14.1. The van der Waals surface area contributed by atoms with E-state index in [2.05, 4.69) is 163 Å². The number of aromatic nitrogens is 4. The lowest BCUT2D eigenvalue weighted by Crippen LogP contribution is -2.15. The van der Waals surface area contributed by atoms with Gasteiger partial charge < -0.3 is 4.74 Å². The Hall–Kier alpha value is -7.11. The maximum absolute atomic E-state index is 7.15. The summed E-state index contributed by atoms with van der Waals surface area (Å²) in [7, 11) is 0. The fraction of sp³-hybridized carbons (Fsp3) is 0.0600. The van der Waals surface area contributed by atoms with Crippen molar-refractivity contribution in [3.63, 3.8) is 0 Å². The van der Waals surface area contributed by atoms with Gasteiger partial charge in [-0.25, -0.2) is 15.0 Å². The Labute approximate surface area is 318 Å². The molecule has 0 atom stereocenters. The minimum Gasteiger partial charge on any atom is -0.456 e. The molecule has 5 nitrogen and oxygen atoms in total. The highest BCUT2D eigenvalue weighted by atomic mass is 16.5. The minimum absolute atomic E-state index is 0.179. The van der Waals surface area contributed by atoms with Crippen LogP contribution in [0.3, 0.4) is 0 Å². The molecule has 0 N–H and O–H groups in total. The number of pyridine rings is 1. The predicted molar refractivity (Wildman–Crippen MR) is 223 cm³/mol. The van der Waals surface area contributed by atoms with Gasteiger partial charge in [-0.05, 0) is 110 Å². The molecule has 9 aromatic rings. The van der Waals surface area contributed by atoms with Crippen molar-refractivity contribution in [3.05, 3.63) is 180 Å². The molecule has 0 fully saturated rings. The van der Waals surface area contributed by atoms with Crippen LogP contribution in [0.1, 0.15) is 36.1 Å². The zero-order valence-corrected chi connectivity index (χ0v) is 30.4. The Morgan fingerprint density at radius 3 is 2.05 bits per heavy atom. The number of benzene rings is 6. The second-order valence-corrected chi connectivity index (χ2v) is 14.9. The number of nitrogens with zero attached hydrogens (tertiary/aromatic N) is 4. The van der Waals surface area contributed by atoms with Crippen molar-refractivity contribution in [2.24, 2.45) is 0 Å². The van der Waals surface area contributed by atoms with Gasteiger partial charge in [0.25, 0.3) is 0 Å². The summed E-state index contributed by atoms with van der Waals surface area (Å²) in [6, 6.07) is 49.8. The van der Waals surface area contributed by atoms with Crippen LogP contribution in [-0.4, -0.2) is 19.5 Å². The molecule has 1 aliphatic heterocycles. The molecule has 0 saturated carbocycles. The third-order valence-corrected chi connectivity index (χ3v) is 11.4. The molecular formula is C50H34N4O. The quantitative estimate of drug-likeness (QED) is 0.180. The summed E-state index contributed by atoms with van der Waals surface area (Å²) >= 11 is 0. The summed E-state index contributed by atoms with van der Waals surface area (Å²) in [4.78, 5) is 13.9. The second kappa shape index (κ2) is 12.0. The van der Waals surface area contributed by atoms with Crippen LogP contribution in [0.25, 0.3) is 84.5 Å². The van der Waals surface area contributed by atoms with E-state index in [1.54, 1.807) is 12.4 Å². The van der Waals surface area contributed by atoms with E-state index in [4.69, 9.17) is 9.72 Å². The van der Waals surface area contributed by atoms with Gasteiger partial charge in [0.15, 0.2) is 0 Å². The summed E-state index contributed by atoms with van der Waals surface area (Å²) in [5, 5.41) is 2.15. The second-order valence-electron chi connectivity index (χ2n) is 14.9. The largest absolute Gasteiger partial charge is 0.456 e. The standard InChI is InChI=1S/C50H34N4O/c1-50(2)43-16-7-5-13-36(43)40-29-42-39-27-33(34-22-23-45-41(28-34)38-15-9-24-51-48(38)54(45)49-52-25-10-26-53-49)21-20-32(39)19-18-31-11-3-4-12-35(31)37-14-6-8-17-46(37)55-47(42)30-44(40)50/h3-30H,1-2H3/b19-18-. The molecule has 0 saturated heterocycles. The van der Waals surface area contributed by atoms with Crippen LogP contribution in [0.15, 0.2) is 158 Å². The highest BCUT2D eigenvalue weighted by Gasteiger charge is 2.37. The van der Waals surface area contributed by atoms with Crippen molar-refractivity contribution in [2.75, 3.05) is 0 Å². The summed E-state index contributed by atoms with van der Waals surface area (Å²) < 4.78 is 9.19. The molecule has 55 heavy (non-hydrogen) atoms. The highest BCUT2D eigenvalue weighted by Crippen LogP contribution is 2.53. The number of hydrogen-bond acceptors (Lipinski definition) is 4. The average Bonchev–Trinajstić information content (AvgIpc) is 3.67. The van der Waals surface area contributed by atoms with Crippen molar-refractivity contribution >= 4 is 34.1 Å². The lowest BCUT2D eigenvalue weighted by molar-refractivity contribution is 0.484. The Morgan fingerprint density at radius 2 is 1.18 bits per heavy atom. The first-order valence-corrected chi connectivity index (χ1v) is 18.7. The van der Waals surface area contributed by atoms with E-state index >= 15 is 0 Å². The zero-order chi connectivity index (χ0) is 36.7. The molecule has 5 heteroatoms. The molecule has 0 radical (unpaired) electrons. The van der Waals surface area contributed by atoms with Gasteiger partial charge >= 0.3 is 0 Å². The first kappa shape index (κ1) is 31.4. The SMILES string of the molecule is CC1(C)c2ccccc2-c2cc3c(cc21)Oc1ccccc1-c1ccccc1/C=C\c1ccc(-c2ccc4c(c2)c2cccnc2n4-c2ncccn2)cc1-3. The molecule has 2 aliphatic rings. The summed E-state index contributed by atoms with van der Waals surface area (Å²) in [6.07, 6.45) is 9.85. The minimum atomic E-state index is -0.179. The van der Waals surface area contributed by atoms with Gasteiger partial charge in [-0.1, -0.05) is 111 Å². The van der Waals surface area contributed by atoms with E-state index in [1.165, 1.54) is 22.3 Å². The van der Waals surface area contributed by atoms with Gasteiger partial charge in [-0.3, -0.25) is 4.57 Å². The molecule has 0 unspecified atom stereocenters. The van der Waals surface area contributed by atoms with Gasteiger partial charge in [0.2, 0.25) is 5.95 Å². The van der Waals surface area contributed by atoms with Crippen molar-refractivity contribution in [1.82, 2.24) is 19.5 Å². The molecule has 4 heterocycles. The maximum Gasteiger partial charge on any atom is 0.235 e. The van der Waals surface area contributed by atoms with Crippen molar-refractivity contribution < 1.29 is 4.74 Å². The van der Waals surface area contributed by atoms with Crippen LogP contribution in [0.2, 0.25) is 0 Å². The third kappa shape index (κ3) is 4.83. The maximum atomic E-state index is 7.15. The van der Waals surface area contributed by atoms with Crippen LogP contribution in [0, 0.1) is 0 Å². The molecule has 0 bridgehead atoms. The molecule has 0 amide bonds. The average molecular weight is 707 g/mol. The van der Waals surface area contributed by atoms with Crippen molar-refractivity contribution in [2.45, 2.75) is 19.3 Å². The molecule has 1 aliphatic carbocycles. The number of hydrogen-bond donors (Lipinski definition) is 0.